The third kappa shape index (κ3) is 4.10. The highest BCUT2D eigenvalue weighted by Gasteiger charge is 2.28. The molecule has 0 radical (unpaired) electrons. The number of benzene rings is 1. The van der Waals surface area contributed by atoms with Gasteiger partial charge in [0.15, 0.2) is 0 Å². The molecule has 1 unspecified atom stereocenters. The predicted molar refractivity (Wildman–Crippen MR) is 88.8 cm³/mol. The highest BCUT2D eigenvalue weighted by atomic mass is 32.2. The predicted octanol–water partition coefficient (Wildman–Crippen LogP) is 2.00. The minimum absolute atomic E-state index is 0.105. The van der Waals surface area contributed by atoms with Crippen LogP contribution in [0.25, 0.3) is 0 Å². The largest absolute Gasteiger partial charge is 0.379 e. The van der Waals surface area contributed by atoms with Crippen molar-refractivity contribution >= 4 is 21.6 Å². The summed E-state index contributed by atoms with van der Waals surface area (Å²) < 4.78 is 32.2. The van der Waals surface area contributed by atoms with Gasteiger partial charge in [0.05, 0.1) is 18.1 Å². The van der Waals surface area contributed by atoms with E-state index in [2.05, 4.69) is 5.32 Å². The maximum Gasteiger partial charge on any atom is 0.243 e. The van der Waals surface area contributed by atoms with E-state index in [-0.39, 0.29) is 16.7 Å². The van der Waals surface area contributed by atoms with Gasteiger partial charge in [-0.05, 0) is 31.0 Å². The number of carbonyl (C=O) groups excluding carboxylic acids is 1. The van der Waals surface area contributed by atoms with Crippen LogP contribution in [0.2, 0.25) is 0 Å². The smallest absolute Gasteiger partial charge is 0.243 e. The Hall–Kier alpha value is -1.44. The van der Waals surface area contributed by atoms with Crippen LogP contribution in [0.4, 0.5) is 5.69 Å². The van der Waals surface area contributed by atoms with Crippen LogP contribution in [-0.2, 0) is 19.6 Å². The fourth-order valence-electron chi connectivity index (χ4n) is 2.33. The molecule has 1 aromatic rings. The van der Waals surface area contributed by atoms with Gasteiger partial charge in [0.25, 0.3) is 0 Å². The summed E-state index contributed by atoms with van der Waals surface area (Å²) in [6.45, 7) is 7.05. The van der Waals surface area contributed by atoms with Gasteiger partial charge in [0.2, 0.25) is 15.9 Å². The van der Waals surface area contributed by atoms with E-state index in [0.29, 0.717) is 37.6 Å². The van der Waals surface area contributed by atoms with Crippen LogP contribution in [0.5, 0.6) is 0 Å². The van der Waals surface area contributed by atoms with Gasteiger partial charge in [-0.3, -0.25) is 4.79 Å². The summed E-state index contributed by atoms with van der Waals surface area (Å²) in [5, 5.41) is 2.79. The van der Waals surface area contributed by atoms with Crippen molar-refractivity contribution < 1.29 is 17.9 Å². The molecule has 1 aliphatic heterocycles. The maximum absolute atomic E-state index is 12.8. The molecule has 128 valence electrons. The van der Waals surface area contributed by atoms with Gasteiger partial charge < -0.3 is 10.1 Å². The lowest BCUT2D eigenvalue weighted by Crippen LogP contribution is -2.40. The number of nitrogens with zero attached hydrogens (tertiary/aromatic N) is 1. The van der Waals surface area contributed by atoms with Gasteiger partial charge in [-0.2, -0.15) is 4.31 Å². The third-order valence-electron chi connectivity index (χ3n) is 4.10. The Balaban J connectivity index is 2.28. The molecule has 0 spiro atoms. The van der Waals surface area contributed by atoms with Crippen LogP contribution in [-0.4, -0.2) is 44.9 Å². The van der Waals surface area contributed by atoms with Crippen molar-refractivity contribution in [1.82, 2.24) is 4.31 Å². The van der Waals surface area contributed by atoms with E-state index < -0.39 is 10.0 Å². The number of sulfonamides is 1. The lowest BCUT2D eigenvalue weighted by Gasteiger charge is -2.27. The zero-order valence-electron chi connectivity index (χ0n) is 13.8. The second-order valence-corrected chi connectivity index (χ2v) is 7.70. The standard InChI is InChI=1S/C16H24N2O4S/c1-4-12(2)16(19)17-14-6-5-13(3)15(11-14)23(20,21)18-7-9-22-10-8-18/h5-6,11-12H,4,7-10H2,1-3H3,(H,17,19). The molecule has 0 aromatic heterocycles. The summed E-state index contributed by atoms with van der Waals surface area (Å²) >= 11 is 0. The normalized spacial score (nSPS) is 17.7. The number of hydrogen-bond donors (Lipinski definition) is 1. The first-order chi connectivity index (χ1) is 10.9. The van der Waals surface area contributed by atoms with Gasteiger partial charge in [0.1, 0.15) is 0 Å². The minimum Gasteiger partial charge on any atom is -0.379 e. The molecular weight excluding hydrogens is 316 g/mol. The second kappa shape index (κ2) is 7.42. The van der Waals surface area contributed by atoms with Crippen LogP contribution >= 0.6 is 0 Å². The summed E-state index contributed by atoms with van der Waals surface area (Å²) in [4.78, 5) is 12.2. The Labute approximate surface area is 137 Å². The first kappa shape index (κ1) is 17.9. The lowest BCUT2D eigenvalue weighted by molar-refractivity contribution is -0.119. The Bertz CT molecular complexity index is 667. The number of carbonyl (C=O) groups is 1. The summed E-state index contributed by atoms with van der Waals surface area (Å²) in [5.74, 6) is -0.221. The summed E-state index contributed by atoms with van der Waals surface area (Å²) in [7, 11) is -3.57. The van der Waals surface area contributed by atoms with E-state index in [0.717, 1.165) is 6.42 Å². The van der Waals surface area contributed by atoms with Crippen LogP contribution in [0.3, 0.4) is 0 Å². The topological polar surface area (TPSA) is 75.7 Å². The van der Waals surface area contributed by atoms with Crippen molar-refractivity contribution in [3.8, 4) is 0 Å². The average Bonchev–Trinajstić information content (AvgIpc) is 2.56. The monoisotopic (exact) mass is 340 g/mol. The van der Waals surface area contributed by atoms with E-state index in [4.69, 9.17) is 4.74 Å². The third-order valence-corrected chi connectivity index (χ3v) is 6.14. The molecule has 1 atom stereocenters. The molecular formula is C16H24N2O4S. The first-order valence-corrected chi connectivity index (χ1v) is 9.29. The molecule has 1 heterocycles. The number of ether oxygens (including phenoxy) is 1. The Morgan fingerprint density at radius 2 is 2.00 bits per heavy atom. The SMILES string of the molecule is CCC(C)C(=O)Nc1ccc(C)c(S(=O)(=O)N2CCOCC2)c1. The van der Waals surface area contributed by atoms with Gasteiger partial charge in [-0.25, -0.2) is 8.42 Å². The molecule has 1 aromatic carbocycles. The molecule has 7 heteroatoms. The number of morpholine rings is 1. The molecule has 1 aliphatic rings. The molecule has 0 bridgehead atoms. The number of hydrogen-bond acceptors (Lipinski definition) is 4. The summed E-state index contributed by atoms with van der Waals surface area (Å²) in [5.41, 5.74) is 1.17. The molecule has 1 saturated heterocycles. The quantitative estimate of drug-likeness (QED) is 0.889. The van der Waals surface area contributed by atoms with Crippen molar-refractivity contribution in [3.05, 3.63) is 23.8 Å². The number of amides is 1. The molecule has 1 fully saturated rings. The van der Waals surface area contributed by atoms with E-state index in [1.165, 1.54) is 4.31 Å². The van der Waals surface area contributed by atoms with Crippen molar-refractivity contribution in [2.24, 2.45) is 5.92 Å². The minimum atomic E-state index is -3.57. The van der Waals surface area contributed by atoms with Crippen LogP contribution in [0.1, 0.15) is 25.8 Å². The van der Waals surface area contributed by atoms with Crippen molar-refractivity contribution in [1.29, 1.82) is 0 Å². The number of anilines is 1. The van der Waals surface area contributed by atoms with Crippen LogP contribution in [0.15, 0.2) is 23.1 Å². The zero-order chi connectivity index (χ0) is 17.0. The van der Waals surface area contributed by atoms with E-state index in [1.54, 1.807) is 25.1 Å². The van der Waals surface area contributed by atoms with Gasteiger partial charge in [0, 0.05) is 24.7 Å². The van der Waals surface area contributed by atoms with Gasteiger partial charge in [-0.15, -0.1) is 0 Å². The average molecular weight is 340 g/mol. The molecule has 1 N–H and O–H groups in total. The molecule has 2 rings (SSSR count). The Morgan fingerprint density at radius 3 is 2.61 bits per heavy atom. The van der Waals surface area contributed by atoms with Crippen molar-refractivity contribution in [3.63, 3.8) is 0 Å². The number of rotatable bonds is 5. The summed E-state index contributed by atoms with van der Waals surface area (Å²) in [6.07, 6.45) is 0.733. The zero-order valence-corrected chi connectivity index (χ0v) is 14.6. The van der Waals surface area contributed by atoms with E-state index >= 15 is 0 Å². The highest BCUT2D eigenvalue weighted by molar-refractivity contribution is 7.89. The van der Waals surface area contributed by atoms with E-state index in [1.807, 2.05) is 13.8 Å². The lowest BCUT2D eigenvalue weighted by atomic mass is 10.1. The summed E-state index contributed by atoms with van der Waals surface area (Å²) in [6, 6.07) is 4.99. The maximum atomic E-state index is 12.8. The second-order valence-electron chi connectivity index (χ2n) is 5.80. The van der Waals surface area contributed by atoms with Gasteiger partial charge in [-0.1, -0.05) is 19.9 Å². The van der Waals surface area contributed by atoms with Crippen molar-refractivity contribution in [2.45, 2.75) is 32.1 Å². The molecule has 23 heavy (non-hydrogen) atoms. The number of nitrogens with one attached hydrogen (secondary N) is 1. The molecule has 0 saturated carbocycles. The fraction of sp³-hybridized carbons (Fsp3) is 0.562. The molecule has 0 aliphatic carbocycles. The number of aryl methyl sites for hydroxylation is 1. The van der Waals surface area contributed by atoms with Crippen molar-refractivity contribution in [2.75, 3.05) is 31.6 Å². The van der Waals surface area contributed by atoms with Gasteiger partial charge >= 0.3 is 0 Å². The highest BCUT2D eigenvalue weighted by Crippen LogP contribution is 2.24. The Kier molecular flexibility index (Phi) is 5.78. The molecule has 6 nitrogen and oxygen atoms in total. The van der Waals surface area contributed by atoms with E-state index in [9.17, 15) is 13.2 Å². The van der Waals surface area contributed by atoms with Crippen LogP contribution in [0, 0.1) is 12.8 Å². The fourth-order valence-corrected chi connectivity index (χ4v) is 3.99. The van der Waals surface area contributed by atoms with Crippen LogP contribution < -0.4 is 5.32 Å². The molecule has 1 amide bonds. The Morgan fingerprint density at radius 1 is 1.35 bits per heavy atom. The first-order valence-electron chi connectivity index (χ1n) is 7.85.